The number of aromatic hydroxyl groups is 1. The first-order chi connectivity index (χ1) is 30.3. The maximum absolute atomic E-state index is 14.5. The summed E-state index contributed by atoms with van der Waals surface area (Å²) in [5.74, 6) is -6.43. The number of hydrogen-bond donors (Lipinski definition) is 6. The van der Waals surface area contributed by atoms with Gasteiger partial charge in [0.25, 0.3) is 5.91 Å². The van der Waals surface area contributed by atoms with Gasteiger partial charge in [-0.05, 0) is 87.3 Å². The zero-order chi connectivity index (χ0) is 46.9. The Morgan fingerprint density at radius 2 is 1.75 bits per heavy atom. The van der Waals surface area contributed by atoms with E-state index >= 15 is 0 Å². The number of methoxy groups -OCH3 is 1. The second kappa shape index (κ2) is 21.9. The third kappa shape index (κ3) is 12.8. The minimum Gasteiger partial charge on any atom is -0.508 e. The van der Waals surface area contributed by atoms with Gasteiger partial charge in [0.1, 0.15) is 41.5 Å². The molecule has 22 heteroatoms. The Hall–Kier alpha value is -5.55. The van der Waals surface area contributed by atoms with E-state index in [0.717, 1.165) is 10.5 Å². The fourth-order valence-corrected chi connectivity index (χ4v) is 9.17. The minimum absolute atomic E-state index is 0.0263. The molecule has 2 fully saturated rings. The third-order valence-corrected chi connectivity index (χ3v) is 12.8. The Morgan fingerprint density at radius 1 is 1.05 bits per heavy atom. The Labute approximate surface area is 375 Å². The maximum Gasteiger partial charge on any atom is 0.334 e. The van der Waals surface area contributed by atoms with Crippen LogP contribution in [0.5, 0.6) is 5.75 Å². The molecule has 2 aromatic rings. The monoisotopic (exact) mass is 929 g/mol. The number of thiazole rings is 1. The highest BCUT2D eigenvalue weighted by Gasteiger charge is 2.43. The number of esters is 1. The van der Waals surface area contributed by atoms with Gasteiger partial charge in [0.05, 0.1) is 24.4 Å². The maximum atomic E-state index is 14.5. The van der Waals surface area contributed by atoms with Gasteiger partial charge in [0, 0.05) is 31.2 Å². The van der Waals surface area contributed by atoms with Crippen LogP contribution >= 0.6 is 11.3 Å². The van der Waals surface area contributed by atoms with Crippen LogP contribution in [0, 0.1) is 5.92 Å². The van der Waals surface area contributed by atoms with Crippen molar-refractivity contribution in [1.29, 1.82) is 0 Å². The van der Waals surface area contributed by atoms with Gasteiger partial charge in [-0.25, -0.2) is 9.78 Å². The molecule has 20 nitrogen and oxygen atoms in total. The summed E-state index contributed by atoms with van der Waals surface area (Å²) >= 11 is 1.24. The molecule has 1 aromatic carbocycles. The van der Waals surface area contributed by atoms with Crippen molar-refractivity contribution < 1.29 is 61.1 Å². The molecule has 2 saturated heterocycles. The first kappa shape index (κ1) is 49.5. The van der Waals surface area contributed by atoms with E-state index < -0.39 is 107 Å². The van der Waals surface area contributed by atoms with Crippen LogP contribution in [0.1, 0.15) is 82.1 Å². The summed E-state index contributed by atoms with van der Waals surface area (Å²) in [6, 6.07) is -1.27. The fourth-order valence-electron chi connectivity index (χ4n) is 7.82. The average molecular weight is 930 g/mol. The Morgan fingerprint density at radius 3 is 2.42 bits per heavy atom. The van der Waals surface area contributed by atoms with E-state index in [1.54, 1.807) is 49.1 Å². The molecule has 6 N–H and O–H groups in total. The van der Waals surface area contributed by atoms with Crippen molar-refractivity contribution >= 4 is 69.0 Å². The van der Waals surface area contributed by atoms with Crippen molar-refractivity contribution in [3.05, 3.63) is 63.1 Å². The number of benzene rings is 1. The number of phenolic OH excluding ortho intramolecular Hbond substituents is 1. The molecule has 348 valence electrons. The molecule has 0 aliphatic carbocycles. The minimum atomic E-state index is -4.86. The summed E-state index contributed by atoms with van der Waals surface area (Å²) in [6.45, 7) is 5.62. The van der Waals surface area contributed by atoms with Gasteiger partial charge >= 0.3 is 16.3 Å². The van der Waals surface area contributed by atoms with Crippen LogP contribution in [-0.2, 0) is 59.8 Å². The molecule has 64 heavy (non-hydrogen) atoms. The lowest BCUT2D eigenvalue weighted by Crippen LogP contribution is -2.60. The molecular weight excluding hydrogens is 875 g/mol. The van der Waals surface area contributed by atoms with E-state index in [2.05, 4.69) is 16.0 Å². The number of carbonyl (C=O) groups is 7. The number of rotatable bonds is 11. The second-order valence-electron chi connectivity index (χ2n) is 16.1. The smallest absolute Gasteiger partial charge is 0.334 e. The van der Waals surface area contributed by atoms with Gasteiger partial charge in [-0.15, -0.1) is 11.3 Å². The first-order valence-corrected chi connectivity index (χ1v) is 23.2. The number of carbonyl (C=O) groups excluding carboxylic acids is 7. The number of fused-ring (bicyclic) bond motifs is 3. The third-order valence-electron chi connectivity index (χ3n) is 11.3. The van der Waals surface area contributed by atoms with Gasteiger partial charge in [0.15, 0.2) is 0 Å². The summed E-state index contributed by atoms with van der Waals surface area (Å²) in [6.07, 6.45) is 4.76. The highest BCUT2D eigenvalue weighted by molar-refractivity contribution is 7.83. The Kier molecular flexibility index (Phi) is 16.9. The average Bonchev–Trinajstić information content (AvgIpc) is 4.05. The molecule has 1 aromatic heterocycles. The van der Waals surface area contributed by atoms with Crippen molar-refractivity contribution in [3.63, 3.8) is 0 Å². The molecule has 3 aliphatic rings. The van der Waals surface area contributed by atoms with Crippen molar-refractivity contribution in [2.24, 2.45) is 5.92 Å². The van der Waals surface area contributed by atoms with Crippen LogP contribution < -0.4 is 20.7 Å². The number of ketones is 1. The van der Waals surface area contributed by atoms with Gasteiger partial charge in [0.2, 0.25) is 29.4 Å². The van der Waals surface area contributed by atoms with E-state index in [-0.39, 0.29) is 43.7 Å². The standard InChI is InChI=1S/C42H55N7O13S2/c1-6-24(3)34-35(51)38(54)44-29(19-26-11-13-28(50)14-12-26)39-43-27(22-63-39)18-23(2)17-25(4)42(57)62-21-30(40(55)48-15-8-10-33(48)37(53)46-34)45-36(52)32-9-7-16-49(32)41(56)31(20-61-5)47-64(58,59)60/h11-14,17-18,22,24,29-34,47,50H,6-10,15-16,19-21H2,1-5H3,(H,44,54)(H,45,52)(H,46,53)(H,58,59,60)/b23-18+,25-17-/t24-,29+,30?,31-,32?,33+,34?/m1/s1. The topological polar surface area (TPSA) is 280 Å². The number of amides is 5. The van der Waals surface area contributed by atoms with Gasteiger partial charge in [-0.1, -0.05) is 32.4 Å². The van der Waals surface area contributed by atoms with Crippen LogP contribution in [0.25, 0.3) is 6.08 Å². The molecule has 3 aliphatic heterocycles. The van der Waals surface area contributed by atoms with E-state index in [4.69, 9.17) is 14.5 Å². The van der Waals surface area contributed by atoms with Crippen molar-refractivity contribution in [2.75, 3.05) is 33.4 Å². The van der Waals surface area contributed by atoms with Gasteiger partial charge in [-0.2, -0.15) is 13.1 Å². The molecule has 5 rings (SSSR count). The fraction of sp³-hybridized carbons (Fsp3) is 0.524. The first-order valence-electron chi connectivity index (χ1n) is 20.9. The summed E-state index contributed by atoms with van der Waals surface area (Å²) in [5, 5.41) is 20.2. The van der Waals surface area contributed by atoms with E-state index in [1.165, 1.54) is 48.5 Å². The molecule has 4 heterocycles. The molecule has 0 saturated carbocycles. The van der Waals surface area contributed by atoms with Crippen molar-refractivity contribution in [2.45, 2.75) is 102 Å². The lowest BCUT2D eigenvalue weighted by atomic mass is 9.94. The van der Waals surface area contributed by atoms with E-state index in [0.29, 0.717) is 35.5 Å². The largest absolute Gasteiger partial charge is 0.508 e. The zero-order valence-electron chi connectivity index (χ0n) is 36.2. The molecule has 7 atom stereocenters. The Bertz CT molecular complexity index is 2260. The molecule has 0 spiro atoms. The van der Waals surface area contributed by atoms with E-state index in [1.807, 2.05) is 0 Å². The number of cyclic esters (lactones) is 1. The van der Waals surface area contributed by atoms with Gasteiger partial charge < -0.3 is 40.3 Å². The number of Topliss-reactive ketones (excluding diaryl/α,β-unsaturated/α-hetero) is 1. The number of phenols is 1. The number of aromatic nitrogens is 1. The predicted octanol–water partition coefficient (Wildman–Crippen LogP) is 1.13. The van der Waals surface area contributed by atoms with Crippen LogP contribution in [0.15, 0.2) is 46.9 Å². The number of nitrogens with one attached hydrogen (secondary N) is 4. The van der Waals surface area contributed by atoms with E-state index in [9.17, 15) is 51.6 Å². The summed E-state index contributed by atoms with van der Waals surface area (Å²) in [7, 11) is -3.64. The highest BCUT2D eigenvalue weighted by atomic mass is 32.2. The summed E-state index contributed by atoms with van der Waals surface area (Å²) in [5.41, 5.74) is 1.92. The number of hydrogen-bond acceptors (Lipinski definition) is 14. The van der Waals surface area contributed by atoms with Crippen molar-refractivity contribution in [3.8, 4) is 5.75 Å². The lowest BCUT2D eigenvalue weighted by Gasteiger charge is -2.32. The van der Waals surface area contributed by atoms with Gasteiger partial charge in [-0.3, -0.25) is 33.3 Å². The summed E-state index contributed by atoms with van der Waals surface area (Å²) in [4.78, 5) is 104. The molecular formula is C42H55N7O13S2. The van der Waals surface area contributed by atoms with Crippen LogP contribution in [0.4, 0.5) is 0 Å². The second-order valence-corrected chi connectivity index (χ2v) is 18.2. The number of allylic oxidation sites excluding steroid dienone is 2. The highest BCUT2D eigenvalue weighted by Crippen LogP contribution is 2.27. The normalized spacial score (nSPS) is 25.7. The zero-order valence-corrected chi connectivity index (χ0v) is 37.8. The quantitative estimate of drug-likeness (QED) is 0.105. The number of likely N-dealkylation sites (tertiary alicyclic amines) is 1. The molecule has 5 amide bonds. The van der Waals surface area contributed by atoms with Crippen LogP contribution in [0.2, 0.25) is 0 Å². The number of nitrogens with zero attached hydrogens (tertiary/aromatic N) is 3. The Balaban J connectivity index is 1.48. The molecule has 2 bridgehead atoms. The molecule has 0 radical (unpaired) electrons. The predicted molar refractivity (Wildman–Crippen MR) is 231 cm³/mol. The van der Waals surface area contributed by atoms with Crippen LogP contribution in [0.3, 0.4) is 0 Å². The molecule has 3 unspecified atom stereocenters. The van der Waals surface area contributed by atoms with Crippen LogP contribution in [-0.4, -0.2) is 138 Å². The summed E-state index contributed by atoms with van der Waals surface area (Å²) < 4.78 is 45.0. The number of ether oxygens (including phenoxy) is 2. The lowest BCUT2D eigenvalue weighted by molar-refractivity contribution is -0.149. The SMILES string of the molecule is CC[C@@H](C)C1NC(=O)[C@@H]2CCCN2C(=O)C(NC(=O)C2CCCN2C(=O)[C@@H](COC)NS(=O)(=O)O)COC(=O)/C(C)=C\C(C)=C\c2csc(n2)[C@H](Cc2ccc(O)cc2)NC(=O)C1=O. The van der Waals surface area contributed by atoms with Crippen molar-refractivity contribution in [1.82, 2.24) is 35.5 Å².